The van der Waals surface area contributed by atoms with E-state index in [-0.39, 0.29) is 31.2 Å². The molecule has 1 N–H and O–H groups in total. The Morgan fingerprint density at radius 1 is 1.00 bits per heavy atom. The van der Waals surface area contributed by atoms with Crippen LogP contribution in [-0.4, -0.2) is 54.5 Å². The van der Waals surface area contributed by atoms with Crippen LogP contribution in [0.15, 0.2) is 0 Å². The second-order valence-electron chi connectivity index (χ2n) is 5.09. The molecule has 0 aromatic heterocycles. The molecule has 6 nitrogen and oxygen atoms in total. The molecule has 6 atom stereocenters. The van der Waals surface area contributed by atoms with Gasteiger partial charge in [-0.3, -0.25) is 0 Å². The Balaban J connectivity index is 1.85. The highest BCUT2D eigenvalue weighted by molar-refractivity contribution is 4.98. The van der Waals surface area contributed by atoms with Crippen molar-refractivity contribution in [3.8, 4) is 0 Å². The van der Waals surface area contributed by atoms with Crippen molar-refractivity contribution in [2.75, 3.05) is 6.61 Å². The van der Waals surface area contributed by atoms with E-state index in [2.05, 4.69) is 0 Å². The predicted octanol–water partition coefficient (Wildman–Crippen LogP) is -0.0149. The smallest absolute Gasteiger partial charge is 0.190 e. The molecule has 0 aromatic rings. The number of fused-ring (bicyclic) bond motifs is 3. The second kappa shape index (κ2) is 3.88. The molecule has 3 rings (SSSR count). The molecular weight excluding hydrogens is 228 g/mol. The number of rotatable bonds is 1. The minimum absolute atomic E-state index is 0.123. The lowest BCUT2D eigenvalue weighted by atomic mass is 9.99. The molecular formula is C11H18O6. The van der Waals surface area contributed by atoms with Gasteiger partial charge in [0.2, 0.25) is 0 Å². The Morgan fingerprint density at radius 2 is 1.71 bits per heavy atom. The molecule has 3 fully saturated rings. The van der Waals surface area contributed by atoms with Crippen LogP contribution >= 0.6 is 0 Å². The van der Waals surface area contributed by atoms with Crippen molar-refractivity contribution in [3.05, 3.63) is 0 Å². The molecule has 0 radical (unpaired) electrons. The number of ether oxygens (including phenoxy) is 5. The predicted molar refractivity (Wildman–Crippen MR) is 55.0 cm³/mol. The minimum atomic E-state index is -0.684. The van der Waals surface area contributed by atoms with E-state index in [9.17, 15) is 5.11 Å². The zero-order chi connectivity index (χ0) is 12.2. The van der Waals surface area contributed by atoms with Gasteiger partial charge >= 0.3 is 0 Å². The second-order valence-corrected chi connectivity index (χ2v) is 5.09. The third-order valence-electron chi connectivity index (χ3n) is 3.29. The fourth-order valence-corrected chi connectivity index (χ4v) is 2.68. The van der Waals surface area contributed by atoms with Gasteiger partial charge in [-0.05, 0) is 20.8 Å². The Morgan fingerprint density at radius 3 is 2.41 bits per heavy atom. The summed E-state index contributed by atoms with van der Waals surface area (Å²) < 4.78 is 28.3. The Hall–Kier alpha value is -0.240. The number of aliphatic hydroxyl groups is 1. The van der Waals surface area contributed by atoms with Crippen LogP contribution in [0, 0.1) is 0 Å². The van der Waals surface area contributed by atoms with Crippen LogP contribution in [0.3, 0.4) is 0 Å². The van der Waals surface area contributed by atoms with E-state index < -0.39 is 18.2 Å². The zero-order valence-corrected chi connectivity index (χ0v) is 10.2. The fourth-order valence-electron chi connectivity index (χ4n) is 2.68. The lowest BCUT2D eigenvalue weighted by Crippen LogP contribution is -2.56. The lowest BCUT2D eigenvalue weighted by Gasteiger charge is -2.36. The molecule has 3 aliphatic rings. The molecule has 0 bridgehead atoms. The van der Waals surface area contributed by atoms with Crippen LogP contribution in [0.2, 0.25) is 0 Å². The van der Waals surface area contributed by atoms with Crippen LogP contribution in [0.4, 0.5) is 0 Å². The maximum absolute atomic E-state index is 9.34. The van der Waals surface area contributed by atoms with Crippen molar-refractivity contribution in [1.29, 1.82) is 0 Å². The average Bonchev–Trinajstić information content (AvgIpc) is 2.75. The molecule has 0 aromatic carbocycles. The summed E-state index contributed by atoms with van der Waals surface area (Å²) in [7, 11) is 0. The molecule has 6 unspecified atom stereocenters. The summed E-state index contributed by atoms with van der Waals surface area (Å²) in [6, 6.07) is 0. The Labute approximate surface area is 99.7 Å². The van der Waals surface area contributed by atoms with Gasteiger partial charge in [0.15, 0.2) is 18.4 Å². The van der Waals surface area contributed by atoms with Crippen molar-refractivity contribution < 1.29 is 28.8 Å². The Kier molecular flexibility index (Phi) is 2.70. The summed E-state index contributed by atoms with van der Waals surface area (Å²) in [6.07, 6.45) is -2.11. The van der Waals surface area contributed by atoms with E-state index in [0.717, 1.165) is 0 Å². The molecule has 3 saturated heterocycles. The monoisotopic (exact) mass is 246 g/mol. The van der Waals surface area contributed by atoms with E-state index in [4.69, 9.17) is 23.7 Å². The topological polar surface area (TPSA) is 66.4 Å². The SMILES string of the molecule is CC1OC2OC(CO)C3OC(C)(C)OC3C2O1. The van der Waals surface area contributed by atoms with Crippen molar-refractivity contribution >= 4 is 0 Å². The quantitative estimate of drug-likeness (QED) is 0.701. The zero-order valence-electron chi connectivity index (χ0n) is 10.2. The van der Waals surface area contributed by atoms with E-state index >= 15 is 0 Å². The van der Waals surface area contributed by atoms with Crippen LogP contribution in [-0.2, 0) is 23.7 Å². The summed E-state index contributed by atoms with van der Waals surface area (Å²) in [5, 5.41) is 9.34. The molecule has 0 amide bonds. The van der Waals surface area contributed by atoms with Gasteiger partial charge in [-0.1, -0.05) is 0 Å². The number of hydrogen-bond donors (Lipinski definition) is 1. The summed E-state index contributed by atoms with van der Waals surface area (Å²) in [6.45, 7) is 5.37. The molecule has 0 aliphatic carbocycles. The normalized spacial score (nSPS) is 52.2. The maximum Gasteiger partial charge on any atom is 0.190 e. The molecule has 17 heavy (non-hydrogen) atoms. The highest BCUT2D eigenvalue weighted by atomic mass is 16.8. The van der Waals surface area contributed by atoms with Gasteiger partial charge < -0.3 is 28.8 Å². The van der Waals surface area contributed by atoms with Gasteiger partial charge in [0.05, 0.1) is 6.61 Å². The average molecular weight is 246 g/mol. The molecule has 3 heterocycles. The van der Waals surface area contributed by atoms with Crippen LogP contribution in [0.25, 0.3) is 0 Å². The third kappa shape index (κ3) is 1.89. The van der Waals surface area contributed by atoms with Crippen LogP contribution in [0.5, 0.6) is 0 Å². The molecule has 98 valence electrons. The summed E-state index contributed by atoms with van der Waals surface area (Å²) in [4.78, 5) is 0. The van der Waals surface area contributed by atoms with Crippen molar-refractivity contribution in [2.24, 2.45) is 0 Å². The van der Waals surface area contributed by atoms with Gasteiger partial charge in [-0.2, -0.15) is 0 Å². The first-order valence-corrected chi connectivity index (χ1v) is 5.93. The summed E-state index contributed by atoms with van der Waals surface area (Å²) in [5.41, 5.74) is 0. The van der Waals surface area contributed by atoms with Gasteiger partial charge in [0.25, 0.3) is 0 Å². The summed E-state index contributed by atoms with van der Waals surface area (Å²) in [5.74, 6) is -0.684. The number of aliphatic hydroxyl groups excluding tert-OH is 1. The lowest BCUT2D eigenvalue weighted by molar-refractivity contribution is -0.230. The largest absolute Gasteiger partial charge is 0.394 e. The first kappa shape index (κ1) is 11.8. The highest BCUT2D eigenvalue weighted by Crippen LogP contribution is 2.41. The first-order valence-electron chi connectivity index (χ1n) is 5.93. The fraction of sp³-hybridized carbons (Fsp3) is 1.00. The van der Waals surface area contributed by atoms with Crippen molar-refractivity contribution in [1.82, 2.24) is 0 Å². The van der Waals surface area contributed by atoms with Crippen molar-refractivity contribution in [2.45, 2.75) is 63.6 Å². The molecule has 3 aliphatic heterocycles. The van der Waals surface area contributed by atoms with Crippen LogP contribution < -0.4 is 0 Å². The summed E-state index contributed by atoms with van der Waals surface area (Å²) >= 11 is 0. The maximum atomic E-state index is 9.34. The Bertz CT molecular complexity index is 306. The van der Waals surface area contributed by atoms with Gasteiger partial charge in [0.1, 0.15) is 24.4 Å². The minimum Gasteiger partial charge on any atom is -0.394 e. The van der Waals surface area contributed by atoms with E-state index in [0.29, 0.717) is 0 Å². The highest BCUT2D eigenvalue weighted by Gasteiger charge is 2.58. The van der Waals surface area contributed by atoms with E-state index in [1.807, 2.05) is 20.8 Å². The van der Waals surface area contributed by atoms with E-state index in [1.54, 1.807) is 0 Å². The van der Waals surface area contributed by atoms with E-state index in [1.165, 1.54) is 0 Å². The first-order chi connectivity index (χ1) is 8.00. The van der Waals surface area contributed by atoms with Gasteiger partial charge in [0, 0.05) is 0 Å². The number of hydrogen-bond acceptors (Lipinski definition) is 6. The molecule has 6 heteroatoms. The van der Waals surface area contributed by atoms with Gasteiger partial charge in [-0.15, -0.1) is 0 Å². The van der Waals surface area contributed by atoms with Crippen LogP contribution in [0.1, 0.15) is 20.8 Å². The van der Waals surface area contributed by atoms with Crippen molar-refractivity contribution in [3.63, 3.8) is 0 Å². The molecule has 0 spiro atoms. The standard InChI is InChI=1S/C11H18O6/c1-5-13-9-8-7(16-11(2,3)17-8)6(4-12)15-10(9)14-5/h5-10,12H,4H2,1-3H3. The molecule has 0 saturated carbocycles. The third-order valence-corrected chi connectivity index (χ3v) is 3.29. The van der Waals surface area contributed by atoms with Gasteiger partial charge in [-0.25, -0.2) is 0 Å².